The van der Waals surface area contributed by atoms with E-state index in [0.29, 0.717) is 0 Å². The van der Waals surface area contributed by atoms with Gasteiger partial charge in [0.15, 0.2) is 0 Å². The molecule has 1 aliphatic rings. The zero-order chi connectivity index (χ0) is 12.4. The third-order valence-corrected chi connectivity index (χ3v) is 3.13. The zero-order valence-electron chi connectivity index (χ0n) is 10.5. The van der Waals surface area contributed by atoms with Gasteiger partial charge < -0.3 is 10.1 Å². The van der Waals surface area contributed by atoms with Gasteiger partial charge in [-0.05, 0) is 43.2 Å². The third-order valence-electron chi connectivity index (χ3n) is 3.13. The monoisotopic (exact) mass is 243 g/mol. The summed E-state index contributed by atoms with van der Waals surface area (Å²) >= 11 is 0. The fourth-order valence-electron chi connectivity index (χ4n) is 1.87. The lowest BCUT2D eigenvalue weighted by molar-refractivity contribution is 0.414. The predicted octanol–water partition coefficient (Wildman–Crippen LogP) is 2.13. The van der Waals surface area contributed by atoms with Crippen molar-refractivity contribution in [1.82, 2.24) is 15.1 Å². The average Bonchev–Trinajstić information content (AvgIpc) is 3.14. The molecule has 1 aromatic carbocycles. The van der Waals surface area contributed by atoms with Gasteiger partial charge in [0.25, 0.3) is 0 Å². The number of aromatic nitrogens is 2. The van der Waals surface area contributed by atoms with Crippen LogP contribution in [-0.4, -0.2) is 22.9 Å². The highest BCUT2D eigenvalue weighted by molar-refractivity contribution is 5.36. The van der Waals surface area contributed by atoms with E-state index in [1.165, 1.54) is 12.8 Å². The van der Waals surface area contributed by atoms with Crippen LogP contribution in [0.25, 0.3) is 5.69 Å². The van der Waals surface area contributed by atoms with Gasteiger partial charge in [0.05, 0.1) is 18.5 Å². The molecule has 1 saturated carbocycles. The molecule has 1 heterocycles. The molecule has 0 saturated heterocycles. The smallest absolute Gasteiger partial charge is 0.119 e. The minimum Gasteiger partial charge on any atom is -0.497 e. The molecule has 18 heavy (non-hydrogen) atoms. The maximum atomic E-state index is 5.14. The molecular weight excluding hydrogens is 226 g/mol. The molecule has 1 aliphatic carbocycles. The fraction of sp³-hybridized carbons (Fsp3) is 0.357. The molecule has 4 heteroatoms. The Morgan fingerprint density at radius 2 is 2.06 bits per heavy atom. The topological polar surface area (TPSA) is 39.1 Å². The summed E-state index contributed by atoms with van der Waals surface area (Å²) in [5.74, 6) is 0.863. The van der Waals surface area contributed by atoms with Gasteiger partial charge in [0.2, 0.25) is 0 Å². The second-order valence-electron chi connectivity index (χ2n) is 4.60. The van der Waals surface area contributed by atoms with E-state index < -0.39 is 0 Å². The molecule has 1 fully saturated rings. The van der Waals surface area contributed by atoms with E-state index >= 15 is 0 Å². The van der Waals surface area contributed by atoms with Crippen LogP contribution in [0.15, 0.2) is 36.5 Å². The van der Waals surface area contributed by atoms with Crippen LogP contribution in [0, 0.1) is 0 Å². The van der Waals surface area contributed by atoms with Crippen LogP contribution in [-0.2, 0) is 6.54 Å². The molecular formula is C14H17N3O. The Balaban J connectivity index is 1.70. The first-order valence-electron chi connectivity index (χ1n) is 6.27. The number of methoxy groups -OCH3 is 1. The molecule has 2 aromatic rings. The van der Waals surface area contributed by atoms with Crippen molar-refractivity contribution in [3.8, 4) is 11.4 Å². The lowest BCUT2D eigenvalue weighted by Gasteiger charge is -2.03. The first-order chi connectivity index (χ1) is 8.85. The normalized spacial score (nSPS) is 14.7. The molecule has 94 valence electrons. The van der Waals surface area contributed by atoms with Crippen LogP contribution < -0.4 is 10.1 Å². The van der Waals surface area contributed by atoms with E-state index in [4.69, 9.17) is 4.74 Å². The van der Waals surface area contributed by atoms with E-state index in [0.717, 1.165) is 29.7 Å². The molecule has 0 spiro atoms. The van der Waals surface area contributed by atoms with E-state index in [1.807, 2.05) is 35.1 Å². The SMILES string of the molecule is COc1ccc(-n2ccc(CNC3CC3)n2)cc1. The van der Waals surface area contributed by atoms with E-state index in [1.54, 1.807) is 7.11 Å². The van der Waals surface area contributed by atoms with Gasteiger partial charge in [0.1, 0.15) is 5.75 Å². The van der Waals surface area contributed by atoms with Crippen LogP contribution in [0.1, 0.15) is 18.5 Å². The van der Waals surface area contributed by atoms with Gasteiger partial charge in [-0.25, -0.2) is 4.68 Å². The third kappa shape index (κ3) is 2.54. The largest absolute Gasteiger partial charge is 0.497 e. The van der Waals surface area contributed by atoms with Crippen molar-refractivity contribution in [3.63, 3.8) is 0 Å². The summed E-state index contributed by atoms with van der Waals surface area (Å²) < 4.78 is 7.03. The van der Waals surface area contributed by atoms with Gasteiger partial charge >= 0.3 is 0 Å². The summed E-state index contributed by atoms with van der Waals surface area (Å²) in [6.07, 6.45) is 4.60. The van der Waals surface area contributed by atoms with Crippen molar-refractivity contribution < 1.29 is 4.74 Å². The van der Waals surface area contributed by atoms with Crippen LogP contribution in [0.2, 0.25) is 0 Å². The van der Waals surface area contributed by atoms with Crippen molar-refractivity contribution in [2.45, 2.75) is 25.4 Å². The molecule has 0 bridgehead atoms. The van der Waals surface area contributed by atoms with E-state index in [9.17, 15) is 0 Å². The van der Waals surface area contributed by atoms with Crippen LogP contribution in [0.5, 0.6) is 5.75 Å². The lowest BCUT2D eigenvalue weighted by atomic mass is 10.3. The predicted molar refractivity (Wildman–Crippen MR) is 70.0 cm³/mol. The first kappa shape index (κ1) is 11.3. The highest BCUT2D eigenvalue weighted by Gasteiger charge is 2.20. The van der Waals surface area contributed by atoms with Crippen LogP contribution >= 0.6 is 0 Å². The van der Waals surface area contributed by atoms with Gasteiger partial charge in [-0.1, -0.05) is 0 Å². The summed E-state index contributed by atoms with van der Waals surface area (Å²) in [5.41, 5.74) is 2.13. The van der Waals surface area contributed by atoms with Crippen molar-refractivity contribution in [3.05, 3.63) is 42.2 Å². The second kappa shape index (κ2) is 4.82. The molecule has 0 aliphatic heterocycles. The quantitative estimate of drug-likeness (QED) is 0.874. The molecule has 1 N–H and O–H groups in total. The average molecular weight is 243 g/mol. The number of nitrogens with zero attached hydrogens (tertiary/aromatic N) is 2. The number of hydrogen-bond donors (Lipinski definition) is 1. The molecule has 0 atom stereocenters. The zero-order valence-corrected chi connectivity index (χ0v) is 10.5. The maximum Gasteiger partial charge on any atom is 0.119 e. The summed E-state index contributed by atoms with van der Waals surface area (Å²) in [5, 5.41) is 8.01. The Morgan fingerprint density at radius 1 is 1.28 bits per heavy atom. The van der Waals surface area contributed by atoms with Crippen molar-refractivity contribution >= 4 is 0 Å². The lowest BCUT2D eigenvalue weighted by Crippen LogP contribution is -2.15. The van der Waals surface area contributed by atoms with E-state index in [-0.39, 0.29) is 0 Å². The number of nitrogens with one attached hydrogen (secondary N) is 1. The van der Waals surface area contributed by atoms with Gasteiger partial charge in [-0.15, -0.1) is 0 Å². The first-order valence-corrected chi connectivity index (χ1v) is 6.27. The molecule has 3 rings (SSSR count). The van der Waals surface area contributed by atoms with Gasteiger partial charge in [0, 0.05) is 18.8 Å². The Bertz CT molecular complexity index is 514. The van der Waals surface area contributed by atoms with Crippen molar-refractivity contribution in [2.24, 2.45) is 0 Å². The summed E-state index contributed by atoms with van der Waals surface area (Å²) in [6, 6.07) is 10.7. The Kier molecular flexibility index (Phi) is 3.02. The van der Waals surface area contributed by atoms with Crippen LogP contribution in [0.4, 0.5) is 0 Å². The maximum absolute atomic E-state index is 5.14. The highest BCUT2D eigenvalue weighted by Crippen LogP contribution is 2.19. The molecule has 4 nitrogen and oxygen atoms in total. The Labute approximate surface area is 107 Å². The van der Waals surface area contributed by atoms with Crippen LogP contribution in [0.3, 0.4) is 0 Å². The molecule has 0 unspecified atom stereocenters. The number of hydrogen-bond acceptors (Lipinski definition) is 3. The summed E-state index contributed by atoms with van der Waals surface area (Å²) in [6.45, 7) is 0.855. The van der Waals surface area contributed by atoms with Crippen molar-refractivity contribution in [2.75, 3.05) is 7.11 Å². The standard InChI is InChI=1S/C14H17N3O/c1-18-14-6-4-13(5-7-14)17-9-8-12(16-17)10-15-11-2-3-11/h4-9,11,15H,2-3,10H2,1H3. The fourth-order valence-corrected chi connectivity index (χ4v) is 1.87. The highest BCUT2D eigenvalue weighted by atomic mass is 16.5. The van der Waals surface area contributed by atoms with E-state index in [2.05, 4.69) is 16.5 Å². The molecule has 0 radical (unpaired) electrons. The van der Waals surface area contributed by atoms with Gasteiger partial charge in [-0.3, -0.25) is 0 Å². The number of benzene rings is 1. The van der Waals surface area contributed by atoms with Crippen molar-refractivity contribution in [1.29, 1.82) is 0 Å². The number of ether oxygens (including phenoxy) is 1. The Morgan fingerprint density at radius 3 is 2.72 bits per heavy atom. The Hall–Kier alpha value is -1.81. The van der Waals surface area contributed by atoms with Gasteiger partial charge in [-0.2, -0.15) is 5.10 Å². The second-order valence-corrected chi connectivity index (χ2v) is 4.60. The summed E-state index contributed by atoms with van der Waals surface area (Å²) in [4.78, 5) is 0. The minimum absolute atomic E-state index is 0.719. The number of rotatable bonds is 5. The molecule has 0 amide bonds. The minimum atomic E-state index is 0.719. The molecule has 1 aromatic heterocycles. The summed E-state index contributed by atoms with van der Waals surface area (Å²) in [7, 11) is 1.67.